The molecule has 0 aliphatic carbocycles. The number of anilines is 1. The van der Waals surface area contributed by atoms with Crippen molar-refractivity contribution >= 4 is 11.8 Å². The highest BCUT2D eigenvalue weighted by Gasteiger charge is 2.08. The number of nitrogens with zero attached hydrogens (tertiary/aromatic N) is 2. The minimum absolute atomic E-state index is 0.0449. The van der Waals surface area contributed by atoms with Crippen LogP contribution in [0.25, 0.3) is 0 Å². The van der Waals surface area contributed by atoms with Gasteiger partial charge in [-0.3, -0.25) is 10.4 Å². The molecule has 0 spiro atoms. The number of H-pyrrole nitrogens is 1. The Morgan fingerprint density at radius 2 is 2.43 bits per heavy atom. The Bertz CT molecular complexity index is 362. The van der Waals surface area contributed by atoms with E-state index in [4.69, 9.17) is 5.26 Å². The van der Waals surface area contributed by atoms with Gasteiger partial charge in [-0.15, -0.1) is 0 Å². The fourth-order valence-electron chi connectivity index (χ4n) is 0.878. The molecule has 0 aliphatic rings. The van der Waals surface area contributed by atoms with E-state index in [1.165, 1.54) is 6.20 Å². The van der Waals surface area contributed by atoms with Gasteiger partial charge >= 0.3 is 6.03 Å². The van der Waals surface area contributed by atoms with Crippen LogP contribution in [0.5, 0.6) is 0 Å². The summed E-state index contributed by atoms with van der Waals surface area (Å²) in [6.45, 7) is 3.69. The second-order valence-electron chi connectivity index (χ2n) is 3.02. The Morgan fingerprint density at radius 3 is 3.00 bits per heavy atom. The summed E-state index contributed by atoms with van der Waals surface area (Å²) in [5.41, 5.74) is 0.309. The first-order valence-electron chi connectivity index (χ1n) is 4.14. The quantitative estimate of drug-likeness (QED) is 0.648. The summed E-state index contributed by atoms with van der Waals surface area (Å²) < 4.78 is 0. The van der Waals surface area contributed by atoms with Gasteiger partial charge in [0, 0.05) is 6.04 Å². The lowest BCUT2D eigenvalue weighted by atomic mass is 10.3. The standard InChI is InChI=1S/C8H11N5O/c1-5(2)11-8(14)12-7-6(3-9)4-10-13-7/h4-5H,1-2H3,(H3,10,11,12,13,14). The second-order valence-corrected chi connectivity index (χ2v) is 3.02. The Hall–Kier alpha value is -2.03. The van der Waals surface area contributed by atoms with Crippen LogP contribution in [0.3, 0.4) is 0 Å². The molecular formula is C8H11N5O. The Morgan fingerprint density at radius 1 is 1.71 bits per heavy atom. The minimum atomic E-state index is -0.360. The number of nitrogens with one attached hydrogen (secondary N) is 3. The third-order valence-electron chi connectivity index (χ3n) is 1.42. The molecule has 1 aromatic rings. The SMILES string of the molecule is CC(C)NC(=O)Nc1[nH]ncc1C#N. The number of carbonyl (C=O) groups is 1. The molecule has 3 N–H and O–H groups in total. The van der Waals surface area contributed by atoms with E-state index in [1.54, 1.807) is 0 Å². The number of aromatic amines is 1. The predicted octanol–water partition coefficient (Wildman–Crippen LogP) is 0.811. The third kappa shape index (κ3) is 2.48. The molecule has 1 rings (SSSR count). The second kappa shape index (κ2) is 4.28. The maximum absolute atomic E-state index is 11.2. The summed E-state index contributed by atoms with van der Waals surface area (Å²) in [5, 5.41) is 19.9. The summed E-state index contributed by atoms with van der Waals surface area (Å²) in [4.78, 5) is 11.2. The molecule has 0 saturated carbocycles. The van der Waals surface area contributed by atoms with Gasteiger partial charge in [0.25, 0.3) is 0 Å². The van der Waals surface area contributed by atoms with Crippen LogP contribution in [0.1, 0.15) is 19.4 Å². The number of aromatic nitrogens is 2. The zero-order valence-corrected chi connectivity index (χ0v) is 7.96. The number of hydrogen-bond acceptors (Lipinski definition) is 3. The molecule has 1 heterocycles. The largest absolute Gasteiger partial charge is 0.336 e. The number of hydrogen-bond donors (Lipinski definition) is 3. The first kappa shape index (κ1) is 10.1. The van der Waals surface area contributed by atoms with Crippen molar-refractivity contribution in [3.8, 4) is 6.07 Å². The molecule has 0 radical (unpaired) electrons. The molecule has 0 bridgehead atoms. The highest BCUT2D eigenvalue weighted by Crippen LogP contribution is 2.07. The molecule has 2 amide bonds. The van der Waals surface area contributed by atoms with Gasteiger partial charge in [0.05, 0.1) is 6.20 Å². The van der Waals surface area contributed by atoms with E-state index in [2.05, 4.69) is 20.8 Å². The monoisotopic (exact) mass is 193 g/mol. The van der Waals surface area contributed by atoms with Gasteiger partial charge in [0.15, 0.2) is 0 Å². The Labute approximate surface area is 81.3 Å². The molecule has 0 atom stereocenters. The van der Waals surface area contributed by atoms with Crippen LogP contribution >= 0.6 is 0 Å². The smallest absolute Gasteiger partial charge is 0.320 e. The number of carbonyl (C=O) groups excluding carboxylic acids is 1. The highest BCUT2D eigenvalue weighted by atomic mass is 16.2. The fraction of sp³-hybridized carbons (Fsp3) is 0.375. The van der Waals surface area contributed by atoms with Gasteiger partial charge in [-0.25, -0.2) is 4.79 Å². The van der Waals surface area contributed by atoms with Gasteiger partial charge in [-0.1, -0.05) is 0 Å². The first-order chi connectivity index (χ1) is 6.63. The predicted molar refractivity (Wildman–Crippen MR) is 50.6 cm³/mol. The van der Waals surface area contributed by atoms with Gasteiger partial charge in [-0.05, 0) is 13.8 Å². The molecule has 6 nitrogen and oxygen atoms in total. The highest BCUT2D eigenvalue weighted by molar-refractivity contribution is 5.89. The molecule has 0 fully saturated rings. The van der Waals surface area contributed by atoms with Crippen LogP contribution in [0, 0.1) is 11.3 Å². The zero-order valence-electron chi connectivity index (χ0n) is 7.96. The van der Waals surface area contributed by atoms with E-state index in [1.807, 2.05) is 19.9 Å². The number of amides is 2. The van der Waals surface area contributed by atoms with Gasteiger partial charge in [0.2, 0.25) is 0 Å². The summed E-state index contributed by atoms with van der Waals surface area (Å²) in [6.07, 6.45) is 1.35. The molecule has 1 aromatic heterocycles. The Balaban J connectivity index is 2.61. The first-order valence-corrected chi connectivity index (χ1v) is 4.14. The molecule has 6 heteroatoms. The summed E-state index contributed by atoms with van der Waals surface area (Å²) >= 11 is 0. The molecule has 74 valence electrons. The number of rotatable bonds is 2. The summed E-state index contributed by atoms with van der Waals surface area (Å²) in [5.74, 6) is 0.311. The lowest BCUT2D eigenvalue weighted by Gasteiger charge is -2.08. The molecular weight excluding hydrogens is 182 g/mol. The van der Waals surface area contributed by atoms with E-state index in [9.17, 15) is 4.79 Å². The van der Waals surface area contributed by atoms with E-state index in [-0.39, 0.29) is 12.1 Å². The van der Waals surface area contributed by atoms with Crippen molar-refractivity contribution in [2.45, 2.75) is 19.9 Å². The maximum atomic E-state index is 11.2. The number of urea groups is 1. The van der Waals surface area contributed by atoms with E-state index in [0.717, 1.165) is 0 Å². The molecule has 0 saturated heterocycles. The van der Waals surface area contributed by atoms with Crippen molar-refractivity contribution in [3.05, 3.63) is 11.8 Å². The van der Waals surface area contributed by atoms with Crippen LogP contribution in [0.2, 0.25) is 0 Å². The average Bonchev–Trinajstić information content (AvgIpc) is 2.50. The maximum Gasteiger partial charge on any atom is 0.320 e. The van der Waals surface area contributed by atoms with Crippen molar-refractivity contribution in [1.82, 2.24) is 15.5 Å². The van der Waals surface area contributed by atoms with Crippen molar-refractivity contribution in [2.24, 2.45) is 0 Å². The fourth-order valence-corrected chi connectivity index (χ4v) is 0.878. The molecule has 0 aliphatic heterocycles. The lowest BCUT2D eigenvalue weighted by molar-refractivity contribution is 0.250. The van der Waals surface area contributed by atoms with Gasteiger partial charge < -0.3 is 5.32 Å². The van der Waals surface area contributed by atoms with Crippen LogP contribution in [0.4, 0.5) is 10.6 Å². The van der Waals surface area contributed by atoms with Crippen molar-refractivity contribution in [1.29, 1.82) is 5.26 Å². The van der Waals surface area contributed by atoms with Crippen LogP contribution < -0.4 is 10.6 Å². The third-order valence-corrected chi connectivity index (χ3v) is 1.42. The van der Waals surface area contributed by atoms with E-state index < -0.39 is 0 Å². The van der Waals surface area contributed by atoms with Crippen molar-refractivity contribution in [2.75, 3.05) is 5.32 Å². The summed E-state index contributed by atoms with van der Waals surface area (Å²) in [7, 11) is 0. The Kier molecular flexibility index (Phi) is 3.07. The van der Waals surface area contributed by atoms with Gasteiger partial charge in [0.1, 0.15) is 17.5 Å². The molecule has 0 unspecified atom stereocenters. The lowest BCUT2D eigenvalue weighted by Crippen LogP contribution is -2.34. The van der Waals surface area contributed by atoms with Crippen molar-refractivity contribution in [3.63, 3.8) is 0 Å². The average molecular weight is 193 g/mol. The van der Waals surface area contributed by atoms with Crippen molar-refractivity contribution < 1.29 is 4.79 Å². The zero-order chi connectivity index (χ0) is 10.6. The topological polar surface area (TPSA) is 93.6 Å². The number of nitriles is 1. The molecule has 0 aromatic carbocycles. The van der Waals surface area contributed by atoms with Crippen LogP contribution in [0.15, 0.2) is 6.20 Å². The van der Waals surface area contributed by atoms with E-state index in [0.29, 0.717) is 11.4 Å². The van der Waals surface area contributed by atoms with Crippen LogP contribution in [-0.2, 0) is 0 Å². The van der Waals surface area contributed by atoms with Crippen LogP contribution in [-0.4, -0.2) is 22.3 Å². The van der Waals surface area contributed by atoms with Gasteiger partial charge in [-0.2, -0.15) is 10.4 Å². The van der Waals surface area contributed by atoms with E-state index >= 15 is 0 Å². The summed E-state index contributed by atoms with van der Waals surface area (Å²) in [6, 6.07) is 1.58. The normalized spacial score (nSPS) is 9.57. The molecule has 14 heavy (non-hydrogen) atoms. The minimum Gasteiger partial charge on any atom is -0.336 e.